The van der Waals surface area contributed by atoms with Crippen molar-refractivity contribution in [2.24, 2.45) is 0 Å². The second-order valence-electron chi connectivity index (χ2n) is 8.63. The van der Waals surface area contributed by atoms with Crippen molar-refractivity contribution in [3.05, 3.63) is 77.0 Å². The lowest BCUT2D eigenvalue weighted by Gasteiger charge is -2.22. The predicted octanol–water partition coefficient (Wildman–Crippen LogP) is 5.28. The highest BCUT2D eigenvalue weighted by Gasteiger charge is 2.31. The molecule has 0 saturated carbocycles. The van der Waals surface area contributed by atoms with E-state index in [4.69, 9.17) is 18.9 Å². The summed E-state index contributed by atoms with van der Waals surface area (Å²) in [4.78, 5) is 0. The number of pyridine rings is 1. The zero-order valence-electron chi connectivity index (χ0n) is 20.4. The van der Waals surface area contributed by atoms with Crippen molar-refractivity contribution >= 4 is 10.8 Å². The Morgan fingerprint density at radius 3 is 2.24 bits per heavy atom. The topological polar surface area (TPSA) is 40.8 Å². The van der Waals surface area contributed by atoms with Crippen LogP contribution in [-0.4, -0.2) is 28.4 Å². The molecule has 4 aromatic rings. The van der Waals surface area contributed by atoms with Crippen molar-refractivity contribution in [1.82, 2.24) is 0 Å². The Bertz CT molecular complexity index is 1390. The van der Waals surface area contributed by atoms with Gasteiger partial charge >= 0.3 is 0 Å². The molecule has 0 radical (unpaired) electrons. The molecular weight excluding hydrogens is 426 g/mol. The van der Waals surface area contributed by atoms with Gasteiger partial charge in [-0.15, -0.1) is 0 Å². The smallest absolute Gasteiger partial charge is 0.217 e. The van der Waals surface area contributed by atoms with Gasteiger partial charge in [0, 0.05) is 23.8 Å². The molecule has 0 spiro atoms. The highest BCUT2D eigenvalue weighted by atomic mass is 16.5. The van der Waals surface area contributed by atoms with Crippen LogP contribution in [0.4, 0.5) is 0 Å². The molecule has 0 fully saturated rings. The third-order valence-corrected chi connectivity index (χ3v) is 6.88. The fourth-order valence-corrected chi connectivity index (χ4v) is 5.12. The van der Waals surface area contributed by atoms with E-state index in [-0.39, 0.29) is 0 Å². The molecular formula is C29H30NO4+. The lowest BCUT2D eigenvalue weighted by atomic mass is 9.88. The van der Waals surface area contributed by atoms with Crippen LogP contribution in [0.1, 0.15) is 22.3 Å². The molecule has 3 aromatic carbocycles. The van der Waals surface area contributed by atoms with Crippen LogP contribution in [0.25, 0.3) is 22.0 Å². The van der Waals surface area contributed by atoms with E-state index in [1.54, 1.807) is 28.4 Å². The summed E-state index contributed by atoms with van der Waals surface area (Å²) in [5, 5.41) is 2.22. The van der Waals surface area contributed by atoms with Crippen LogP contribution in [0, 0.1) is 6.92 Å². The van der Waals surface area contributed by atoms with Gasteiger partial charge in [-0.2, -0.15) is 4.57 Å². The molecule has 1 aliphatic heterocycles. The Morgan fingerprint density at radius 1 is 0.794 bits per heavy atom. The Labute approximate surface area is 200 Å². The van der Waals surface area contributed by atoms with Gasteiger partial charge in [0.25, 0.3) is 0 Å². The van der Waals surface area contributed by atoms with Gasteiger partial charge in [0.2, 0.25) is 5.69 Å². The van der Waals surface area contributed by atoms with Crippen LogP contribution in [0.3, 0.4) is 0 Å². The van der Waals surface area contributed by atoms with Crippen LogP contribution in [0.15, 0.2) is 54.7 Å². The zero-order chi connectivity index (χ0) is 23.8. The number of methoxy groups -OCH3 is 4. The second-order valence-corrected chi connectivity index (χ2v) is 8.63. The maximum Gasteiger partial charge on any atom is 0.217 e. The van der Waals surface area contributed by atoms with E-state index in [0.717, 1.165) is 53.2 Å². The van der Waals surface area contributed by atoms with Gasteiger partial charge in [-0.3, -0.25) is 0 Å². The van der Waals surface area contributed by atoms with Gasteiger partial charge < -0.3 is 18.9 Å². The molecule has 1 aromatic heterocycles. The summed E-state index contributed by atoms with van der Waals surface area (Å²) in [6.45, 7) is 3.04. The third-order valence-electron chi connectivity index (χ3n) is 6.88. The molecule has 0 saturated heterocycles. The minimum Gasteiger partial charge on any atom is -0.493 e. The summed E-state index contributed by atoms with van der Waals surface area (Å²) in [5.41, 5.74) is 7.51. The largest absolute Gasteiger partial charge is 0.493 e. The fraction of sp³-hybridized carbons (Fsp3) is 0.276. The van der Waals surface area contributed by atoms with Crippen molar-refractivity contribution in [2.45, 2.75) is 26.3 Å². The highest BCUT2D eigenvalue weighted by Crippen LogP contribution is 2.43. The lowest BCUT2D eigenvalue weighted by Crippen LogP contribution is -2.41. The van der Waals surface area contributed by atoms with Crippen molar-refractivity contribution in [1.29, 1.82) is 0 Å². The minimum absolute atomic E-state index is 0.736. The summed E-state index contributed by atoms with van der Waals surface area (Å²) < 4.78 is 25.1. The quantitative estimate of drug-likeness (QED) is 0.370. The number of benzene rings is 3. The molecule has 2 heterocycles. The van der Waals surface area contributed by atoms with Gasteiger partial charge in [0.05, 0.1) is 39.4 Å². The van der Waals surface area contributed by atoms with E-state index in [1.807, 2.05) is 6.07 Å². The molecule has 174 valence electrons. The number of nitrogens with zero attached hydrogens (tertiary/aromatic N) is 1. The molecule has 0 amide bonds. The van der Waals surface area contributed by atoms with Gasteiger partial charge in [0.1, 0.15) is 0 Å². The second kappa shape index (κ2) is 8.90. The molecule has 0 unspecified atom stereocenters. The van der Waals surface area contributed by atoms with Crippen molar-refractivity contribution in [3.8, 4) is 34.3 Å². The summed E-state index contributed by atoms with van der Waals surface area (Å²) in [6.07, 6.45) is 3.92. The van der Waals surface area contributed by atoms with Crippen molar-refractivity contribution in [2.75, 3.05) is 28.4 Å². The normalized spacial score (nSPS) is 12.1. The van der Waals surface area contributed by atoms with Crippen LogP contribution >= 0.6 is 0 Å². The molecule has 0 bridgehead atoms. The van der Waals surface area contributed by atoms with Crippen LogP contribution in [0.2, 0.25) is 0 Å². The number of aryl methyl sites for hydroxylation is 3. The molecule has 5 rings (SSSR count). The summed E-state index contributed by atoms with van der Waals surface area (Å²) in [6, 6.07) is 17.0. The minimum atomic E-state index is 0.736. The first-order valence-corrected chi connectivity index (χ1v) is 11.5. The maximum atomic E-state index is 5.83. The first kappa shape index (κ1) is 22.1. The maximum absolute atomic E-state index is 5.83. The monoisotopic (exact) mass is 456 g/mol. The molecule has 34 heavy (non-hydrogen) atoms. The van der Waals surface area contributed by atoms with Crippen molar-refractivity contribution in [3.63, 3.8) is 0 Å². The predicted molar refractivity (Wildman–Crippen MR) is 133 cm³/mol. The molecule has 0 atom stereocenters. The Morgan fingerprint density at radius 2 is 1.53 bits per heavy atom. The number of hydrogen-bond acceptors (Lipinski definition) is 4. The third kappa shape index (κ3) is 3.52. The first-order valence-electron chi connectivity index (χ1n) is 11.5. The van der Waals surface area contributed by atoms with E-state index in [2.05, 4.69) is 60.2 Å². The molecule has 1 aliphatic rings. The number of hydrogen-bond donors (Lipinski definition) is 0. The number of aromatic nitrogens is 1. The van der Waals surface area contributed by atoms with E-state index in [0.29, 0.717) is 0 Å². The fourth-order valence-electron chi connectivity index (χ4n) is 5.12. The Balaban J connectivity index is 1.85. The van der Waals surface area contributed by atoms with E-state index < -0.39 is 0 Å². The average molecular weight is 457 g/mol. The summed E-state index contributed by atoms with van der Waals surface area (Å²) in [7, 11) is 6.76. The zero-order valence-corrected chi connectivity index (χ0v) is 20.4. The van der Waals surface area contributed by atoms with Crippen LogP contribution in [-0.2, 0) is 19.4 Å². The molecule has 5 heteroatoms. The molecule has 5 nitrogen and oxygen atoms in total. The van der Waals surface area contributed by atoms with E-state index >= 15 is 0 Å². The summed E-state index contributed by atoms with van der Waals surface area (Å²) in [5.74, 6) is 3.01. The van der Waals surface area contributed by atoms with Gasteiger partial charge in [0.15, 0.2) is 35.7 Å². The molecule has 0 aliphatic carbocycles. The Hall–Kier alpha value is -3.73. The Kier molecular flexibility index (Phi) is 5.78. The van der Waals surface area contributed by atoms with E-state index in [9.17, 15) is 0 Å². The van der Waals surface area contributed by atoms with Crippen LogP contribution < -0.4 is 23.5 Å². The standard InChI is InChI=1S/C29H30NO4/c1-18-8-6-7-9-19(18)14-23-21-10-11-25(31-2)29(34-5)24(21)17-30-13-12-20-15-26(32-3)27(33-4)16-22(20)28(23)30/h6-11,15-17H,12-14H2,1-5H3/q+1. The van der Waals surface area contributed by atoms with Crippen molar-refractivity contribution < 1.29 is 23.5 Å². The van der Waals surface area contributed by atoms with Gasteiger partial charge in [-0.25, -0.2) is 0 Å². The SMILES string of the molecule is COc1cc2c(cc1OC)-c1c(Cc3ccccc3C)c3ccc(OC)c(OC)c3c[n+]1CC2. The van der Waals surface area contributed by atoms with Crippen LogP contribution in [0.5, 0.6) is 23.0 Å². The number of ether oxygens (including phenoxy) is 4. The molecule has 0 N–H and O–H groups in total. The average Bonchev–Trinajstić information content (AvgIpc) is 2.87. The first-order chi connectivity index (χ1) is 16.6. The van der Waals surface area contributed by atoms with Gasteiger partial charge in [-0.1, -0.05) is 24.3 Å². The lowest BCUT2D eigenvalue weighted by molar-refractivity contribution is -0.686. The highest BCUT2D eigenvalue weighted by molar-refractivity contribution is 5.95. The number of rotatable bonds is 6. The number of fused-ring (bicyclic) bond motifs is 4. The summed E-state index contributed by atoms with van der Waals surface area (Å²) >= 11 is 0. The van der Waals surface area contributed by atoms with E-state index in [1.165, 1.54) is 33.5 Å². The van der Waals surface area contributed by atoms with Gasteiger partial charge in [-0.05, 0) is 47.9 Å².